The third kappa shape index (κ3) is 2.87. The highest BCUT2D eigenvalue weighted by atomic mass is 16.2. The molecule has 0 atom stereocenters. The first-order valence-electron chi connectivity index (χ1n) is 7.03. The van der Waals surface area contributed by atoms with Crippen molar-refractivity contribution < 1.29 is 4.79 Å². The van der Waals surface area contributed by atoms with Crippen LogP contribution in [0.5, 0.6) is 0 Å². The van der Waals surface area contributed by atoms with Crippen molar-refractivity contribution in [3.05, 3.63) is 48.0 Å². The summed E-state index contributed by atoms with van der Waals surface area (Å²) < 4.78 is 0. The van der Waals surface area contributed by atoms with Crippen molar-refractivity contribution in [3.8, 4) is 0 Å². The van der Waals surface area contributed by atoms with Crippen LogP contribution in [0.4, 0.5) is 0 Å². The van der Waals surface area contributed by atoms with Gasteiger partial charge in [-0.1, -0.05) is 42.5 Å². The molecule has 0 radical (unpaired) electrons. The van der Waals surface area contributed by atoms with Crippen molar-refractivity contribution in [2.75, 3.05) is 0 Å². The predicted octanol–water partition coefficient (Wildman–Crippen LogP) is 3.28. The average molecular weight is 266 g/mol. The number of benzene rings is 2. The minimum Gasteiger partial charge on any atom is -0.273 e. The number of hydrogen-bond acceptors (Lipinski definition) is 2. The zero-order valence-electron chi connectivity index (χ0n) is 11.6. The molecule has 20 heavy (non-hydrogen) atoms. The molecule has 0 heterocycles. The SMILES string of the molecule is CC(=NNC(=O)Cc1cccc2ccccc12)C1CC1. The van der Waals surface area contributed by atoms with Gasteiger partial charge in [0.2, 0.25) is 5.91 Å². The van der Waals surface area contributed by atoms with E-state index in [9.17, 15) is 4.79 Å². The van der Waals surface area contributed by atoms with E-state index in [4.69, 9.17) is 0 Å². The van der Waals surface area contributed by atoms with Gasteiger partial charge in [-0.25, -0.2) is 5.43 Å². The molecular weight excluding hydrogens is 248 g/mol. The average Bonchev–Trinajstić information content (AvgIpc) is 3.30. The molecule has 1 amide bonds. The number of nitrogens with one attached hydrogen (secondary N) is 1. The molecule has 0 bridgehead atoms. The van der Waals surface area contributed by atoms with E-state index >= 15 is 0 Å². The second kappa shape index (κ2) is 5.45. The van der Waals surface area contributed by atoms with Crippen LogP contribution in [0.15, 0.2) is 47.6 Å². The van der Waals surface area contributed by atoms with Crippen LogP contribution in [-0.2, 0) is 11.2 Å². The molecule has 102 valence electrons. The molecule has 3 heteroatoms. The molecule has 1 aliphatic rings. The Labute approximate surface area is 118 Å². The Morgan fingerprint density at radius 3 is 2.75 bits per heavy atom. The summed E-state index contributed by atoms with van der Waals surface area (Å²) in [6.45, 7) is 1.98. The van der Waals surface area contributed by atoms with Crippen molar-refractivity contribution in [1.82, 2.24) is 5.43 Å². The molecule has 0 unspecified atom stereocenters. The maximum atomic E-state index is 12.0. The number of fused-ring (bicyclic) bond motifs is 1. The molecule has 1 N–H and O–H groups in total. The van der Waals surface area contributed by atoms with Crippen molar-refractivity contribution in [3.63, 3.8) is 0 Å². The fourth-order valence-electron chi connectivity index (χ4n) is 2.40. The van der Waals surface area contributed by atoms with Gasteiger partial charge in [0.25, 0.3) is 0 Å². The maximum absolute atomic E-state index is 12.0. The third-order valence-corrected chi connectivity index (χ3v) is 3.76. The number of hydrazone groups is 1. The Morgan fingerprint density at radius 1 is 1.20 bits per heavy atom. The van der Waals surface area contributed by atoms with Crippen LogP contribution in [0.2, 0.25) is 0 Å². The van der Waals surface area contributed by atoms with E-state index in [-0.39, 0.29) is 5.91 Å². The number of amides is 1. The molecule has 0 aromatic heterocycles. The zero-order valence-corrected chi connectivity index (χ0v) is 11.6. The lowest BCUT2D eigenvalue weighted by Gasteiger charge is -2.06. The van der Waals surface area contributed by atoms with Gasteiger partial charge in [-0.2, -0.15) is 5.10 Å². The summed E-state index contributed by atoms with van der Waals surface area (Å²) in [6, 6.07) is 14.2. The molecule has 1 fully saturated rings. The second-order valence-corrected chi connectivity index (χ2v) is 5.38. The van der Waals surface area contributed by atoms with E-state index in [0.717, 1.165) is 22.0 Å². The summed E-state index contributed by atoms with van der Waals surface area (Å²) in [4.78, 5) is 12.0. The Morgan fingerprint density at radius 2 is 1.95 bits per heavy atom. The summed E-state index contributed by atoms with van der Waals surface area (Å²) >= 11 is 0. The largest absolute Gasteiger partial charge is 0.273 e. The molecule has 3 nitrogen and oxygen atoms in total. The van der Waals surface area contributed by atoms with Gasteiger partial charge in [-0.3, -0.25) is 4.79 Å². The van der Waals surface area contributed by atoms with E-state index in [1.54, 1.807) is 0 Å². The molecule has 2 aromatic rings. The predicted molar refractivity (Wildman–Crippen MR) is 81.6 cm³/mol. The van der Waals surface area contributed by atoms with Crippen LogP contribution in [-0.4, -0.2) is 11.6 Å². The van der Waals surface area contributed by atoms with Crippen molar-refractivity contribution >= 4 is 22.4 Å². The van der Waals surface area contributed by atoms with E-state index in [1.807, 2.05) is 31.2 Å². The highest BCUT2D eigenvalue weighted by Crippen LogP contribution is 2.30. The van der Waals surface area contributed by atoms with E-state index in [0.29, 0.717) is 12.3 Å². The molecule has 1 aliphatic carbocycles. The van der Waals surface area contributed by atoms with Gasteiger partial charge in [-0.15, -0.1) is 0 Å². The number of nitrogens with zero attached hydrogens (tertiary/aromatic N) is 1. The minimum atomic E-state index is -0.0543. The van der Waals surface area contributed by atoms with Crippen molar-refractivity contribution in [2.24, 2.45) is 11.0 Å². The van der Waals surface area contributed by atoms with Crippen LogP contribution >= 0.6 is 0 Å². The molecule has 0 aliphatic heterocycles. The lowest BCUT2D eigenvalue weighted by molar-refractivity contribution is -0.120. The zero-order chi connectivity index (χ0) is 13.9. The van der Waals surface area contributed by atoms with Gasteiger partial charge in [-0.05, 0) is 42.0 Å². The number of rotatable bonds is 4. The summed E-state index contributed by atoms with van der Waals surface area (Å²) in [5, 5.41) is 6.47. The summed E-state index contributed by atoms with van der Waals surface area (Å²) in [6.07, 6.45) is 2.77. The lowest BCUT2D eigenvalue weighted by atomic mass is 10.0. The van der Waals surface area contributed by atoms with Gasteiger partial charge in [0.05, 0.1) is 6.42 Å². The molecule has 2 aromatic carbocycles. The summed E-state index contributed by atoms with van der Waals surface area (Å²) in [7, 11) is 0. The molecule has 0 saturated heterocycles. The normalized spacial score (nSPS) is 15.3. The number of carbonyl (C=O) groups is 1. The van der Waals surface area contributed by atoms with Gasteiger partial charge >= 0.3 is 0 Å². The van der Waals surface area contributed by atoms with Crippen molar-refractivity contribution in [2.45, 2.75) is 26.2 Å². The Kier molecular flexibility index (Phi) is 3.50. The Bertz CT molecular complexity index is 666. The summed E-state index contributed by atoms with van der Waals surface area (Å²) in [5.41, 5.74) is 4.75. The molecular formula is C17H18N2O. The Hall–Kier alpha value is -2.16. The van der Waals surface area contributed by atoms with E-state index in [2.05, 4.69) is 28.7 Å². The van der Waals surface area contributed by atoms with Crippen LogP contribution < -0.4 is 5.43 Å². The van der Waals surface area contributed by atoms with Gasteiger partial charge in [0.15, 0.2) is 0 Å². The van der Waals surface area contributed by atoms with E-state index in [1.165, 1.54) is 12.8 Å². The maximum Gasteiger partial charge on any atom is 0.244 e. The highest BCUT2D eigenvalue weighted by Gasteiger charge is 2.24. The van der Waals surface area contributed by atoms with Gasteiger partial charge in [0.1, 0.15) is 0 Å². The fourth-order valence-corrected chi connectivity index (χ4v) is 2.40. The van der Waals surface area contributed by atoms with Crippen LogP contribution in [0.3, 0.4) is 0 Å². The first kappa shape index (κ1) is 12.9. The first-order valence-corrected chi connectivity index (χ1v) is 7.03. The molecule has 1 saturated carbocycles. The fraction of sp³-hybridized carbons (Fsp3) is 0.294. The number of hydrogen-bond donors (Lipinski definition) is 1. The highest BCUT2D eigenvalue weighted by molar-refractivity contribution is 5.91. The van der Waals surface area contributed by atoms with Crippen LogP contribution in [0.1, 0.15) is 25.3 Å². The number of carbonyl (C=O) groups excluding carboxylic acids is 1. The summed E-state index contributed by atoms with van der Waals surface area (Å²) in [5.74, 6) is 0.536. The minimum absolute atomic E-state index is 0.0543. The first-order chi connectivity index (χ1) is 9.74. The topological polar surface area (TPSA) is 41.5 Å². The van der Waals surface area contributed by atoms with Gasteiger partial charge < -0.3 is 0 Å². The monoisotopic (exact) mass is 266 g/mol. The van der Waals surface area contributed by atoms with Crippen molar-refractivity contribution in [1.29, 1.82) is 0 Å². The van der Waals surface area contributed by atoms with Crippen LogP contribution in [0.25, 0.3) is 10.8 Å². The lowest BCUT2D eigenvalue weighted by Crippen LogP contribution is -2.21. The van der Waals surface area contributed by atoms with E-state index < -0.39 is 0 Å². The smallest absolute Gasteiger partial charge is 0.244 e. The molecule has 0 spiro atoms. The van der Waals surface area contributed by atoms with Gasteiger partial charge in [0, 0.05) is 5.71 Å². The standard InChI is InChI=1S/C17H18N2O/c1-12(13-9-10-13)18-19-17(20)11-15-7-4-6-14-5-2-3-8-16(14)15/h2-8,13H,9-11H2,1H3,(H,19,20). The Balaban J connectivity index is 1.72. The molecule has 3 rings (SSSR count). The third-order valence-electron chi connectivity index (χ3n) is 3.76. The van der Waals surface area contributed by atoms with Crippen LogP contribution in [0, 0.1) is 5.92 Å². The quantitative estimate of drug-likeness (QED) is 0.669. The second-order valence-electron chi connectivity index (χ2n) is 5.38.